The van der Waals surface area contributed by atoms with Crippen LogP contribution in [0.1, 0.15) is 0 Å². The molecule has 0 saturated carbocycles. The molecule has 0 aromatic heterocycles. The van der Waals surface area contributed by atoms with Gasteiger partial charge in [0.15, 0.2) is 0 Å². The fourth-order valence-corrected chi connectivity index (χ4v) is 2.22. The topological polar surface area (TPSA) is 61.5 Å². The first-order valence-electron chi connectivity index (χ1n) is 4.86. The minimum atomic E-state index is -4.72. The van der Waals surface area contributed by atoms with Crippen LogP contribution in [0.15, 0.2) is 23.1 Å². The molecule has 0 amide bonds. The Morgan fingerprint density at radius 2 is 2.06 bits per heavy atom. The first kappa shape index (κ1) is 14.8. The molecule has 0 spiro atoms. The molecule has 1 rings (SSSR count). The number of hydrogen-bond donors (Lipinski definition) is 1. The predicted octanol–water partition coefficient (Wildman–Crippen LogP) is 1.92. The van der Waals surface area contributed by atoms with E-state index in [1.165, 1.54) is 19.2 Å². The van der Waals surface area contributed by atoms with Crippen molar-refractivity contribution in [2.24, 2.45) is 0 Å². The highest BCUT2D eigenvalue weighted by molar-refractivity contribution is 7.85. The van der Waals surface area contributed by atoms with Crippen molar-refractivity contribution in [2.75, 3.05) is 25.2 Å². The second-order valence-electron chi connectivity index (χ2n) is 3.25. The fraction of sp³-hybridized carbons (Fsp3) is 0.400. The zero-order valence-electron chi connectivity index (χ0n) is 9.49. The Labute approximate surface area is 104 Å². The van der Waals surface area contributed by atoms with Gasteiger partial charge in [0.05, 0.1) is 35.2 Å². The van der Waals surface area contributed by atoms with Crippen LogP contribution in [0.4, 0.5) is 18.9 Å². The highest BCUT2D eigenvalue weighted by Gasteiger charge is 2.29. The van der Waals surface area contributed by atoms with Crippen molar-refractivity contribution in [1.82, 2.24) is 0 Å². The number of rotatable bonds is 5. The number of ether oxygens (including phenoxy) is 2. The third-order valence-corrected chi connectivity index (χ3v) is 3.38. The van der Waals surface area contributed by atoms with E-state index in [2.05, 4.69) is 4.74 Å². The van der Waals surface area contributed by atoms with Crippen molar-refractivity contribution in [2.45, 2.75) is 11.3 Å². The van der Waals surface area contributed by atoms with Gasteiger partial charge >= 0.3 is 6.36 Å². The summed E-state index contributed by atoms with van der Waals surface area (Å²) < 4.78 is 55.4. The molecule has 0 heterocycles. The molecule has 0 aliphatic heterocycles. The van der Waals surface area contributed by atoms with Crippen LogP contribution in [0.5, 0.6) is 5.75 Å². The average Bonchev–Trinajstić information content (AvgIpc) is 2.27. The number of anilines is 1. The summed E-state index contributed by atoms with van der Waals surface area (Å²) in [4.78, 5) is 0.236. The molecule has 18 heavy (non-hydrogen) atoms. The maximum atomic E-state index is 11.7. The maximum Gasteiger partial charge on any atom is 0.522 e. The summed E-state index contributed by atoms with van der Waals surface area (Å²) in [6, 6.07) is 4.48. The molecular formula is C10H12F3NO3S. The minimum Gasteiger partial charge on any atom is -0.497 e. The molecule has 0 saturated heterocycles. The fourth-order valence-electron chi connectivity index (χ4n) is 1.18. The number of nitrogens with two attached hydrogens (primary N) is 1. The van der Waals surface area contributed by atoms with Gasteiger partial charge in [-0.2, -0.15) is 0 Å². The molecule has 1 aromatic carbocycles. The first-order valence-corrected chi connectivity index (χ1v) is 6.18. The van der Waals surface area contributed by atoms with Gasteiger partial charge in [-0.3, -0.25) is 8.95 Å². The Kier molecular flexibility index (Phi) is 4.97. The summed E-state index contributed by atoms with van der Waals surface area (Å²) >= 11 is 0. The van der Waals surface area contributed by atoms with Crippen molar-refractivity contribution < 1.29 is 26.9 Å². The summed E-state index contributed by atoms with van der Waals surface area (Å²) in [5.74, 6) is 0.140. The van der Waals surface area contributed by atoms with Crippen molar-refractivity contribution >= 4 is 16.5 Å². The molecule has 0 bridgehead atoms. The van der Waals surface area contributed by atoms with E-state index in [-0.39, 0.29) is 16.3 Å². The minimum absolute atomic E-state index is 0.236. The molecule has 4 nitrogen and oxygen atoms in total. The Hall–Kier alpha value is -1.28. The van der Waals surface area contributed by atoms with Crippen LogP contribution in [-0.2, 0) is 15.5 Å². The molecule has 0 aliphatic rings. The van der Waals surface area contributed by atoms with Crippen molar-refractivity contribution in [3.05, 3.63) is 18.2 Å². The maximum absolute atomic E-state index is 11.7. The summed E-state index contributed by atoms with van der Waals surface area (Å²) in [5, 5.41) is 0. The summed E-state index contributed by atoms with van der Waals surface area (Å²) in [6.45, 7) is -0.688. The predicted molar refractivity (Wildman–Crippen MR) is 60.7 cm³/mol. The quantitative estimate of drug-likeness (QED) is 0.839. The van der Waals surface area contributed by atoms with Crippen LogP contribution in [-0.4, -0.2) is 30.0 Å². The van der Waals surface area contributed by atoms with Gasteiger partial charge in [0.25, 0.3) is 0 Å². The zero-order chi connectivity index (χ0) is 13.8. The second-order valence-corrected chi connectivity index (χ2v) is 4.79. The van der Waals surface area contributed by atoms with Gasteiger partial charge in [0.1, 0.15) is 5.75 Å². The molecule has 1 atom stereocenters. The van der Waals surface area contributed by atoms with Gasteiger partial charge in [0, 0.05) is 5.69 Å². The van der Waals surface area contributed by atoms with Crippen LogP contribution >= 0.6 is 0 Å². The van der Waals surface area contributed by atoms with Crippen LogP contribution in [0.2, 0.25) is 0 Å². The summed E-state index contributed by atoms with van der Waals surface area (Å²) in [6.07, 6.45) is -4.72. The second kappa shape index (κ2) is 6.05. The Bertz CT molecular complexity index is 437. The number of nitrogen functional groups attached to an aromatic ring is 1. The monoisotopic (exact) mass is 283 g/mol. The Morgan fingerprint density at radius 1 is 1.39 bits per heavy atom. The number of halogens is 3. The van der Waals surface area contributed by atoms with Crippen molar-refractivity contribution in [1.29, 1.82) is 0 Å². The lowest BCUT2D eigenvalue weighted by molar-refractivity contribution is -0.322. The number of methoxy groups -OCH3 is 1. The van der Waals surface area contributed by atoms with Gasteiger partial charge in [-0.05, 0) is 18.2 Å². The van der Waals surface area contributed by atoms with E-state index in [1.54, 1.807) is 6.07 Å². The van der Waals surface area contributed by atoms with Gasteiger partial charge < -0.3 is 10.5 Å². The van der Waals surface area contributed by atoms with E-state index >= 15 is 0 Å². The third-order valence-electron chi connectivity index (χ3n) is 2.00. The van der Waals surface area contributed by atoms with Gasteiger partial charge in [-0.1, -0.05) is 0 Å². The number of hydrogen-bond acceptors (Lipinski definition) is 4. The molecule has 2 N–H and O–H groups in total. The van der Waals surface area contributed by atoms with E-state index in [9.17, 15) is 17.4 Å². The van der Waals surface area contributed by atoms with Gasteiger partial charge in [-0.25, -0.2) is 0 Å². The van der Waals surface area contributed by atoms with Crippen LogP contribution in [0.25, 0.3) is 0 Å². The SMILES string of the molecule is COc1ccc(N)c(S(=O)CCOC(F)(F)F)c1. The van der Waals surface area contributed by atoms with E-state index in [4.69, 9.17) is 10.5 Å². The van der Waals surface area contributed by atoms with E-state index in [0.717, 1.165) is 0 Å². The largest absolute Gasteiger partial charge is 0.522 e. The third kappa shape index (κ3) is 4.53. The van der Waals surface area contributed by atoms with E-state index in [0.29, 0.717) is 5.75 Å². The molecule has 0 fully saturated rings. The molecule has 1 unspecified atom stereocenters. The average molecular weight is 283 g/mol. The first-order chi connectivity index (χ1) is 8.33. The van der Waals surface area contributed by atoms with Crippen molar-refractivity contribution in [3.63, 3.8) is 0 Å². The van der Waals surface area contributed by atoms with Crippen LogP contribution in [0.3, 0.4) is 0 Å². The van der Waals surface area contributed by atoms with E-state index < -0.39 is 23.8 Å². The number of alkyl halides is 3. The highest BCUT2D eigenvalue weighted by Crippen LogP contribution is 2.23. The van der Waals surface area contributed by atoms with Gasteiger partial charge in [0.2, 0.25) is 0 Å². The molecular weight excluding hydrogens is 271 g/mol. The molecule has 0 radical (unpaired) electrons. The zero-order valence-corrected chi connectivity index (χ0v) is 10.3. The van der Waals surface area contributed by atoms with E-state index in [1.807, 2.05) is 0 Å². The van der Waals surface area contributed by atoms with Crippen molar-refractivity contribution in [3.8, 4) is 5.75 Å². The molecule has 1 aromatic rings. The van der Waals surface area contributed by atoms with Gasteiger partial charge in [-0.15, -0.1) is 13.2 Å². The highest BCUT2D eigenvalue weighted by atomic mass is 32.2. The molecule has 102 valence electrons. The summed E-state index contributed by atoms with van der Waals surface area (Å²) in [7, 11) is -0.250. The Balaban J connectivity index is 2.66. The lowest BCUT2D eigenvalue weighted by Gasteiger charge is -2.09. The smallest absolute Gasteiger partial charge is 0.497 e. The molecule has 0 aliphatic carbocycles. The Morgan fingerprint density at radius 3 is 2.61 bits per heavy atom. The van der Waals surface area contributed by atoms with Crippen LogP contribution in [0, 0.1) is 0 Å². The standard InChI is InChI=1S/C10H12F3NO3S/c1-16-7-2-3-8(14)9(6-7)18(15)5-4-17-10(11,12)13/h2-3,6H,4-5,14H2,1H3. The normalized spacial score (nSPS) is 13.3. The molecule has 8 heteroatoms. The lowest BCUT2D eigenvalue weighted by Crippen LogP contribution is -2.18. The summed E-state index contributed by atoms with van der Waals surface area (Å²) in [5.41, 5.74) is 5.83. The van der Waals surface area contributed by atoms with Crippen LogP contribution < -0.4 is 10.5 Å². The lowest BCUT2D eigenvalue weighted by atomic mass is 10.3. The number of benzene rings is 1.